The number of halogens is 2. The van der Waals surface area contributed by atoms with Crippen molar-refractivity contribution >= 4 is 13.3 Å². The van der Waals surface area contributed by atoms with Gasteiger partial charge in [0.25, 0.3) is 0 Å². The molecule has 0 amide bonds. The molecule has 0 atom stereocenters. The Kier molecular flexibility index (Phi) is 5.20. The first-order valence-electron chi connectivity index (χ1n) is 10.3. The fraction of sp³-hybridized carbons (Fsp3) is 0.727. The molecular formula is C22H29BF2. The summed E-state index contributed by atoms with van der Waals surface area (Å²) in [6.45, 7) is 0. The molecule has 25 heavy (non-hydrogen) atoms. The highest BCUT2D eigenvalue weighted by Gasteiger charge is 2.34. The lowest BCUT2D eigenvalue weighted by Gasteiger charge is -2.38. The van der Waals surface area contributed by atoms with E-state index < -0.39 is 11.6 Å². The maximum atomic E-state index is 14.2. The SMILES string of the molecule is [B]c1ccc(C2CCC(C3CCC(CC4CC4)CC3)CC2)c(F)c1F. The van der Waals surface area contributed by atoms with Crippen molar-refractivity contribution in [3.63, 3.8) is 0 Å². The summed E-state index contributed by atoms with van der Waals surface area (Å²) in [5, 5.41) is 0. The minimum Gasteiger partial charge on any atom is -0.204 e. The Balaban J connectivity index is 1.29. The monoisotopic (exact) mass is 342 g/mol. The summed E-state index contributed by atoms with van der Waals surface area (Å²) in [5.41, 5.74) is 0.455. The fourth-order valence-electron chi connectivity index (χ4n) is 5.52. The van der Waals surface area contributed by atoms with Gasteiger partial charge in [0, 0.05) is 0 Å². The molecule has 1 aromatic carbocycles. The quantitative estimate of drug-likeness (QED) is 0.621. The van der Waals surface area contributed by atoms with E-state index in [1.807, 2.05) is 0 Å². The molecule has 3 aliphatic rings. The minimum atomic E-state index is -0.867. The number of benzene rings is 1. The standard InChI is InChI=1S/C22H29BF2/c23-20-12-11-19(21(24)22(20)25)18-9-7-17(8-10-18)16-5-3-15(4-6-16)13-14-1-2-14/h11-12,14-18H,1-10,13H2. The number of rotatable bonds is 4. The maximum Gasteiger partial charge on any atom is 0.161 e. The van der Waals surface area contributed by atoms with Crippen LogP contribution in [0.4, 0.5) is 8.78 Å². The normalized spacial score (nSPS) is 33.4. The van der Waals surface area contributed by atoms with Gasteiger partial charge in [0.05, 0.1) is 0 Å². The van der Waals surface area contributed by atoms with Crippen LogP contribution in [0.3, 0.4) is 0 Å². The summed E-state index contributed by atoms with van der Waals surface area (Å²) in [7, 11) is 5.47. The van der Waals surface area contributed by atoms with Gasteiger partial charge in [0.1, 0.15) is 7.85 Å². The Hall–Kier alpha value is -0.855. The van der Waals surface area contributed by atoms with E-state index in [0.29, 0.717) is 5.56 Å². The smallest absolute Gasteiger partial charge is 0.161 e. The summed E-state index contributed by atoms with van der Waals surface area (Å²) >= 11 is 0. The largest absolute Gasteiger partial charge is 0.204 e. The second-order valence-corrected chi connectivity index (χ2v) is 8.94. The van der Waals surface area contributed by atoms with Gasteiger partial charge in [-0.3, -0.25) is 0 Å². The van der Waals surface area contributed by atoms with E-state index in [4.69, 9.17) is 7.85 Å². The summed E-state index contributed by atoms with van der Waals surface area (Å²) in [5.74, 6) is 2.32. The minimum absolute atomic E-state index is 0.0853. The van der Waals surface area contributed by atoms with Gasteiger partial charge in [0.2, 0.25) is 0 Å². The summed E-state index contributed by atoms with van der Waals surface area (Å²) in [4.78, 5) is 0. The van der Waals surface area contributed by atoms with Crippen LogP contribution in [0.5, 0.6) is 0 Å². The van der Waals surface area contributed by atoms with Crippen LogP contribution in [0.1, 0.15) is 82.1 Å². The van der Waals surface area contributed by atoms with Crippen LogP contribution in [0.15, 0.2) is 12.1 Å². The Morgan fingerprint density at radius 2 is 1.24 bits per heavy atom. The van der Waals surface area contributed by atoms with Crippen molar-refractivity contribution in [1.29, 1.82) is 0 Å². The lowest BCUT2D eigenvalue weighted by molar-refractivity contribution is 0.154. The zero-order valence-electron chi connectivity index (χ0n) is 15.2. The van der Waals surface area contributed by atoms with Gasteiger partial charge in [-0.15, -0.1) is 0 Å². The van der Waals surface area contributed by atoms with E-state index in [0.717, 1.165) is 36.5 Å². The van der Waals surface area contributed by atoms with E-state index in [9.17, 15) is 8.78 Å². The molecular weight excluding hydrogens is 313 g/mol. The van der Waals surface area contributed by atoms with Gasteiger partial charge >= 0.3 is 0 Å². The van der Waals surface area contributed by atoms with Crippen molar-refractivity contribution < 1.29 is 8.78 Å². The van der Waals surface area contributed by atoms with Crippen molar-refractivity contribution in [3.05, 3.63) is 29.3 Å². The van der Waals surface area contributed by atoms with Crippen molar-refractivity contribution in [2.75, 3.05) is 0 Å². The Bertz CT molecular complexity index is 594. The van der Waals surface area contributed by atoms with Crippen molar-refractivity contribution in [2.24, 2.45) is 23.7 Å². The van der Waals surface area contributed by atoms with Crippen LogP contribution >= 0.6 is 0 Å². The predicted molar refractivity (Wildman–Crippen MR) is 99.2 cm³/mol. The van der Waals surface area contributed by atoms with Gasteiger partial charge in [-0.25, -0.2) is 8.78 Å². The molecule has 0 aromatic heterocycles. The zero-order chi connectivity index (χ0) is 17.4. The third kappa shape index (κ3) is 3.96. The summed E-state index contributed by atoms with van der Waals surface area (Å²) < 4.78 is 27.9. The lowest BCUT2D eigenvalue weighted by Crippen LogP contribution is -2.26. The van der Waals surface area contributed by atoms with E-state index in [1.54, 1.807) is 6.07 Å². The maximum absolute atomic E-state index is 14.2. The topological polar surface area (TPSA) is 0 Å². The lowest BCUT2D eigenvalue weighted by atomic mass is 9.67. The first-order chi connectivity index (χ1) is 12.1. The van der Waals surface area contributed by atoms with Gasteiger partial charge in [-0.05, 0) is 80.1 Å². The third-order valence-electron chi connectivity index (χ3n) is 7.28. The Morgan fingerprint density at radius 1 is 0.720 bits per heavy atom. The first-order valence-corrected chi connectivity index (χ1v) is 10.3. The number of hydrogen-bond donors (Lipinski definition) is 0. The van der Waals surface area contributed by atoms with E-state index in [1.165, 1.54) is 63.9 Å². The average molecular weight is 342 g/mol. The first kappa shape index (κ1) is 17.6. The van der Waals surface area contributed by atoms with Crippen molar-refractivity contribution in [1.82, 2.24) is 0 Å². The van der Waals surface area contributed by atoms with Crippen molar-refractivity contribution in [3.8, 4) is 0 Å². The highest BCUT2D eigenvalue weighted by Crippen LogP contribution is 2.46. The highest BCUT2D eigenvalue weighted by atomic mass is 19.2. The Morgan fingerprint density at radius 3 is 1.80 bits per heavy atom. The second kappa shape index (κ2) is 7.41. The molecule has 3 heteroatoms. The Labute approximate surface area is 152 Å². The second-order valence-electron chi connectivity index (χ2n) is 8.94. The molecule has 0 aliphatic heterocycles. The van der Waals surface area contributed by atoms with Crippen LogP contribution < -0.4 is 5.46 Å². The van der Waals surface area contributed by atoms with Gasteiger partial charge in [-0.1, -0.05) is 43.3 Å². The average Bonchev–Trinajstić information content (AvgIpc) is 3.45. The molecule has 3 fully saturated rings. The molecule has 1 aromatic rings. The molecule has 134 valence electrons. The predicted octanol–water partition coefficient (Wildman–Crippen LogP) is 5.64. The van der Waals surface area contributed by atoms with E-state index >= 15 is 0 Å². The van der Waals surface area contributed by atoms with Crippen LogP contribution in [0, 0.1) is 35.3 Å². The molecule has 2 radical (unpaired) electrons. The van der Waals surface area contributed by atoms with E-state index in [2.05, 4.69) is 0 Å². The highest BCUT2D eigenvalue weighted by molar-refractivity contribution is 6.32. The van der Waals surface area contributed by atoms with Crippen LogP contribution in [-0.2, 0) is 0 Å². The summed E-state index contributed by atoms with van der Waals surface area (Å²) in [6.07, 6.45) is 14.4. The number of hydrogen-bond acceptors (Lipinski definition) is 0. The zero-order valence-corrected chi connectivity index (χ0v) is 15.2. The summed E-state index contributed by atoms with van der Waals surface area (Å²) in [6, 6.07) is 3.21. The van der Waals surface area contributed by atoms with Gasteiger partial charge in [0.15, 0.2) is 11.6 Å². The third-order valence-corrected chi connectivity index (χ3v) is 7.28. The molecule has 3 aliphatic carbocycles. The molecule has 3 saturated carbocycles. The molecule has 0 saturated heterocycles. The fourth-order valence-corrected chi connectivity index (χ4v) is 5.52. The molecule has 0 N–H and O–H groups in total. The molecule has 0 nitrogen and oxygen atoms in total. The van der Waals surface area contributed by atoms with Crippen LogP contribution in [0.2, 0.25) is 0 Å². The molecule has 0 spiro atoms. The molecule has 0 unspecified atom stereocenters. The van der Waals surface area contributed by atoms with Crippen LogP contribution in [-0.4, -0.2) is 7.85 Å². The molecule has 0 bridgehead atoms. The van der Waals surface area contributed by atoms with E-state index in [-0.39, 0.29) is 11.4 Å². The molecule has 0 heterocycles. The van der Waals surface area contributed by atoms with Crippen LogP contribution in [0.25, 0.3) is 0 Å². The van der Waals surface area contributed by atoms with Gasteiger partial charge < -0.3 is 0 Å². The van der Waals surface area contributed by atoms with Gasteiger partial charge in [-0.2, -0.15) is 0 Å². The molecule has 4 rings (SSSR count). The van der Waals surface area contributed by atoms with Crippen molar-refractivity contribution in [2.45, 2.75) is 76.5 Å².